The van der Waals surface area contributed by atoms with Gasteiger partial charge in [0.1, 0.15) is 0 Å². The smallest absolute Gasteiger partial charge is 0.0247 e. The number of hydrogen-bond donors (Lipinski definition) is 1. The van der Waals surface area contributed by atoms with Crippen LogP contribution in [0.2, 0.25) is 0 Å². The van der Waals surface area contributed by atoms with Crippen molar-refractivity contribution >= 4 is 0 Å². The molecule has 70 valence electrons. The van der Waals surface area contributed by atoms with E-state index in [2.05, 4.69) is 11.8 Å². The first-order valence-electron chi connectivity index (χ1n) is 5.27. The highest BCUT2D eigenvalue weighted by molar-refractivity contribution is 4.91. The predicted octanol–water partition coefficient (Wildman–Crippen LogP) is 1.21. The second-order valence-corrected chi connectivity index (χ2v) is 4.57. The van der Waals surface area contributed by atoms with Crippen molar-refractivity contribution in [2.75, 3.05) is 13.1 Å². The summed E-state index contributed by atoms with van der Waals surface area (Å²) in [6.07, 6.45) is 5.33. The quantitative estimate of drug-likeness (QED) is 0.637. The number of hydrogen-bond acceptors (Lipinski definition) is 2. The third-order valence-corrected chi connectivity index (χ3v) is 3.34. The molecular weight excluding hydrogens is 148 g/mol. The lowest BCUT2D eigenvalue weighted by Crippen LogP contribution is -2.58. The molecule has 2 rings (SSSR count). The maximum absolute atomic E-state index is 6.09. The van der Waals surface area contributed by atoms with Gasteiger partial charge in [-0.2, -0.15) is 0 Å². The van der Waals surface area contributed by atoms with E-state index in [-0.39, 0.29) is 0 Å². The third kappa shape index (κ3) is 1.50. The Bertz CT molecular complexity index is 152. The van der Waals surface area contributed by atoms with Gasteiger partial charge in [-0.3, -0.25) is 4.90 Å². The van der Waals surface area contributed by atoms with E-state index in [1.165, 1.54) is 38.8 Å². The van der Waals surface area contributed by atoms with Crippen molar-refractivity contribution in [3.63, 3.8) is 0 Å². The minimum absolute atomic E-state index is 0.464. The van der Waals surface area contributed by atoms with E-state index in [4.69, 9.17) is 5.73 Å². The van der Waals surface area contributed by atoms with Crippen LogP contribution in [0.4, 0.5) is 0 Å². The molecule has 2 N–H and O–H groups in total. The van der Waals surface area contributed by atoms with E-state index >= 15 is 0 Å². The summed E-state index contributed by atoms with van der Waals surface area (Å²) in [4.78, 5) is 2.58. The zero-order valence-electron chi connectivity index (χ0n) is 8.00. The fourth-order valence-electron chi connectivity index (χ4n) is 2.61. The molecule has 0 spiro atoms. The molecule has 0 amide bonds. The largest absolute Gasteiger partial charge is 0.326 e. The second-order valence-electron chi connectivity index (χ2n) is 4.57. The minimum atomic E-state index is 0.464. The first-order chi connectivity index (χ1) is 5.77. The number of nitrogens with two attached hydrogens (primary N) is 1. The molecule has 2 heteroatoms. The van der Waals surface area contributed by atoms with E-state index in [1.807, 2.05) is 0 Å². The normalized spacial score (nSPS) is 39.5. The van der Waals surface area contributed by atoms with Crippen molar-refractivity contribution in [2.45, 2.75) is 44.7 Å². The van der Waals surface area contributed by atoms with E-state index < -0.39 is 0 Å². The van der Waals surface area contributed by atoms with Gasteiger partial charge in [0.2, 0.25) is 0 Å². The molecule has 0 aromatic rings. The van der Waals surface area contributed by atoms with Gasteiger partial charge in [-0.25, -0.2) is 0 Å². The summed E-state index contributed by atoms with van der Waals surface area (Å²) in [6.45, 7) is 4.90. The molecule has 0 radical (unpaired) electrons. The second kappa shape index (κ2) is 3.35. The Kier molecular flexibility index (Phi) is 2.37. The molecule has 1 saturated heterocycles. The summed E-state index contributed by atoms with van der Waals surface area (Å²) in [7, 11) is 0. The molecule has 2 unspecified atom stereocenters. The van der Waals surface area contributed by atoms with Crippen LogP contribution in [0.3, 0.4) is 0 Å². The molecule has 1 saturated carbocycles. The lowest BCUT2D eigenvalue weighted by molar-refractivity contribution is 0.0339. The minimum Gasteiger partial charge on any atom is -0.326 e. The van der Waals surface area contributed by atoms with Crippen LogP contribution in [0, 0.1) is 5.92 Å². The lowest BCUT2D eigenvalue weighted by Gasteiger charge is -2.46. The molecule has 2 nitrogen and oxygen atoms in total. The van der Waals surface area contributed by atoms with Crippen LogP contribution >= 0.6 is 0 Å². The Balaban J connectivity index is 1.85. The zero-order chi connectivity index (χ0) is 8.55. The molecule has 2 atom stereocenters. The number of rotatable bonds is 1. The molecule has 0 aromatic carbocycles. The topological polar surface area (TPSA) is 29.3 Å². The molecule has 1 heterocycles. The van der Waals surface area contributed by atoms with Crippen molar-refractivity contribution in [3.05, 3.63) is 0 Å². The van der Waals surface area contributed by atoms with Crippen LogP contribution in [0.5, 0.6) is 0 Å². The van der Waals surface area contributed by atoms with E-state index in [0.717, 1.165) is 12.0 Å². The van der Waals surface area contributed by atoms with Gasteiger partial charge in [-0.1, -0.05) is 19.8 Å². The highest BCUT2D eigenvalue weighted by Crippen LogP contribution is 2.27. The first kappa shape index (κ1) is 8.52. The lowest BCUT2D eigenvalue weighted by atomic mass is 9.86. The fourth-order valence-corrected chi connectivity index (χ4v) is 2.61. The Morgan fingerprint density at radius 1 is 1.17 bits per heavy atom. The van der Waals surface area contributed by atoms with Crippen molar-refractivity contribution < 1.29 is 0 Å². The Morgan fingerprint density at radius 2 is 1.83 bits per heavy atom. The maximum Gasteiger partial charge on any atom is 0.0247 e. The van der Waals surface area contributed by atoms with E-state index in [0.29, 0.717) is 6.04 Å². The first-order valence-corrected chi connectivity index (χ1v) is 5.27. The Hall–Kier alpha value is -0.0800. The summed E-state index contributed by atoms with van der Waals surface area (Å²) in [5.74, 6) is 0.916. The molecule has 2 aliphatic rings. The van der Waals surface area contributed by atoms with Crippen molar-refractivity contribution in [1.82, 2.24) is 4.90 Å². The van der Waals surface area contributed by atoms with Gasteiger partial charge in [-0.05, 0) is 18.8 Å². The predicted molar refractivity (Wildman–Crippen MR) is 51.0 cm³/mol. The van der Waals surface area contributed by atoms with E-state index in [1.54, 1.807) is 0 Å². The van der Waals surface area contributed by atoms with Crippen molar-refractivity contribution in [1.29, 1.82) is 0 Å². The summed E-state index contributed by atoms with van der Waals surface area (Å²) in [5, 5.41) is 0. The van der Waals surface area contributed by atoms with Gasteiger partial charge in [0, 0.05) is 25.2 Å². The standard InChI is InChI=1S/C10H20N2/c1-8-6-12(7-8)10-5-3-2-4-9(10)11/h8-10H,2-7,11H2,1H3. The Labute approximate surface area is 75.1 Å². The highest BCUT2D eigenvalue weighted by atomic mass is 15.2. The molecule has 0 aromatic heterocycles. The maximum atomic E-state index is 6.09. The average Bonchev–Trinajstić information content (AvgIpc) is 2.01. The van der Waals surface area contributed by atoms with E-state index in [9.17, 15) is 0 Å². The summed E-state index contributed by atoms with van der Waals surface area (Å²) in [5.41, 5.74) is 6.09. The molecule has 1 aliphatic heterocycles. The van der Waals surface area contributed by atoms with Gasteiger partial charge in [-0.15, -0.1) is 0 Å². The highest BCUT2D eigenvalue weighted by Gasteiger charge is 2.33. The van der Waals surface area contributed by atoms with Crippen molar-refractivity contribution in [3.8, 4) is 0 Å². The van der Waals surface area contributed by atoms with Crippen LogP contribution in [0.25, 0.3) is 0 Å². The van der Waals surface area contributed by atoms with Crippen LogP contribution in [0.1, 0.15) is 32.6 Å². The third-order valence-electron chi connectivity index (χ3n) is 3.34. The fraction of sp³-hybridized carbons (Fsp3) is 1.00. The number of nitrogens with zero attached hydrogens (tertiary/aromatic N) is 1. The van der Waals surface area contributed by atoms with Crippen LogP contribution in [0.15, 0.2) is 0 Å². The molecule has 0 bridgehead atoms. The monoisotopic (exact) mass is 168 g/mol. The van der Waals surface area contributed by atoms with Gasteiger partial charge in [0.05, 0.1) is 0 Å². The van der Waals surface area contributed by atoms with Crippen LogP contribution in [-0.2, 0) is 0 Å². The number of likely N-dealkylation sites (tertiary alicyclic amines) is 1. The summed E-state index contributed by atoms with van der Waals surface area (Å²) >= 11 is 0. The summed E-state index contributed by atoms with van der Waals surface area (Å²) < 4.78 is 0. The SMILES string of the molecule is CC1CN(C2CCCCC2N)C1. The Morgan fingerprint density at radius 3 is 2.42 bits per heavy atom. The van der Waals surface area contributed by atoms with Crippen LogP contribution in [-0.4, -0.2) is 30.1 Å². The van der Waals surface area contributed by atoms with Gasteiger partial charge >= 0.3 is 0 Å². The molecular formula is C10H20N2. The average molecular weight is 168 g/mol. The summed E-state index contributed by atoms with van der Waals surface area (Å²) in [6, 6.07) is 1.18. The molecule has 2 fully saturated rings. The van der Waals surface area contributed by atoms with Gasteiger partial charge < -0.3 is 5.73 Å². The van der Waals surface area contributed by atoms with Gasteiger partial charge in [0.15, 0.2) is 0 Å². The van der Waals surface area contributed by atoms with Gasteiger partial charge in [0.25, 0.3) is 0 Å². The molecule has 12 heavy (non-hydrogen) atoms. The zero-order valence-corrected chi connectivity index (χ0v) is 8.00. The molecule has 1 aliphatic carbocycles. The van der Waals surface area contributed by atoms with Crippen LogP contribution < -0.4 is 5.73 Å². The van der Waals surface area contributed by atoms with Crippen molar-refractivity contribution in [2.24, 2.45) is 11.7 Å².